The van der Waals surface area contributed by atoms with E-state index in [1.165, 1.54) is 0 Å². The van der Waals surface area contributed by atoms with Crippen LogP contribution in [0.3, 0.4) is 0 Å². The van der Waals surface area contributed by atoms with Gasteiger partial charge >= 0.3 is 0 Å². The van der Waals surface area contributed by atoms with Crippen LogP contribution >= 0.6 is 0 Å². The molecule has 0 atom stereocenters. The fourth-order valence-electron chi connectivity index (χ4n) is 3.45. The number of aliphatic hydroxyl groups excluding tert-OH is 1. The van der Waals surface area contributed by atoms with Crippen LogP contribution in [-0.2, 0) is 6.61 Å². The molecule has 0 bridgehead atoms. The maximum atomic E-state index is 9.30. The number of nitrogens with one attached hydrogen (secondary N) is 3. The highest BCUT2D eigenvalue weighted by Gasteiger charge is 2.10. The van der Waals surface area contributed by atoms with E-state index >= 15 is 0 Å². The van der Waals surface area contributed by atoms with E-state index in [9.17, 15) is 5.11 Å². The summed E-state index contributed by atoms with van der Waals surface area (Å²) < 4.78 is 0. The Morgan fingerprint density at radius 3 is 2.79 bits per heavy atom. The third kappa shape index (κ3) is 3.28. The van der Waals surface area contributed by atoms with Crippen LogP contribution in [0.25, 0.3) is 21.8 Å². The molecular weight excluding hydrogens is 364 g/mol. The van der Waals surface area contributed by atoms with Gasteiger partial charge in [0.1, 0.15) is 5.82 Å². The SMILES string of the molecule is CN(c1ccc2[nH]ccc2c1)c1nccc(Nc2ccc3[nH]c(CO)cc3c2)n1. The van der Waals surface area contributed by atoms with Gasteiger partial charge in [0.15, 0.2) is 0 Å². The van der Waals surface area contributed by atoms with Crippen molar-refractivity contribution in [3.05, 3.63) is 72.7 Å². The largest absolute Gasteiger partial charge is 0.390 e. The Morgan fingerprint density at radius 1 is 1.00 bits per heavy atom. The van der Waals surface area contributed by atoms with Crippen molar-refractivity contribution in [1.82, 2.24) is 19.9 Å². The van der Waals surface area contributed by atoms with Gasteiger partial charge in [-0.2, -0.15) is 4.98 Å². The summed E-state index contributed by atoms with van der Waals surface area (Å²) in [6, 6.07) is 18.0. The van der Waals surface area contributed by atoms with E-state index in [0.717, 1.165) is 38.9 Å². The number of aromatic nitrogens is 4. The lowest BCUT2D eigenvalue weighted by Gasteiger charge is -2.18. The van der Waals surface area contributed by atoms with E-state index < -0.39 is 0 Å². The van der Waals surface area contributed by atoms with Crippen LogP contribution < -0.4 is 10.2 Å². The minimum absolute atomic E-state index is 0.00635. The van der Waals surface area contributed by atoms with Crippen LogP contribution in [0.2, 0.25) is 0 Å². The molecule has 3 heterocycles. The lowest BCUT2D eigenvalue weighted by molar-refractivity contribution is 0.278. The van der Waals surface area contributed by atoms with Gasteiger partial charge < -0.3 is 25.3 Å². The Labute approximate surface area is 167 Å². The van der Waals surface area contributed by atoms with Crippen molar-refractivity contribution in [3.8, 4) is 0 Å². The molecule has 2 aromatic carbocycles. The predicted octanol–water partition coefficient (Wildman–Crippen LogP) is 4.44. The second-order valence-electron chi connectivity index (χ2n) is 6.93. The molecule has 5 rings (SSSR count). The average Bonchev–Trinajstić information content (AvgIpc) is 3.39. The molecule has 144 valence electrons. The molecule has 29 heavy (non-hydrogen) atoms. The number of hydrogen-bond acceptors (Lipinski definition) is 5. The maximum absolute atomic E-state index is 9.30. The quantitative estimate of drug-likeness (QED) is 0.359. The molecule has 0 fully saturated rings. The fourth-order valence-corrected chi connectivity index (χ4v) is 3.45. The lowest BCUT2D eigenvalue weighted by Crippen LogP contribution is -2.13. The molecule has 0 saturated heterocycles. The van der Waals surface area contributed by atoms with Gasteiger partial charge in [-0.3, -0.25) is 0 Å². The van der Waals surface area contributed by atoms with Crippen molar-refractivity contribution in [2.24, 2.45) is 0 Å². The van der Waals surface area contributed by atoms with E-state index in [1.807, 2.05) is 60.6 Å². The first-order valence-corrected chi connectivity index (χ1v) is 9.33. The predicted molar refractivity (Wildman–Crippen MR) is 116 cm³/mol. The van der Waals surface area contributed by atoms with Crippen molar-refractivity contribution < 1.29 is 5.11 Å². The molecule has 0 unspecified atom stereocenters. The zero-order valence-electron chi connectivity index (χ0n) is 15.8. The van der Waals surface area contributed by atoms with Gasteiger partial charge in [0.2, 0.25) is 5.95 Å². The molecule has 7 heteroatoms. The minimum atomic E-state index is -0.00635. The number of fused-ring (bicyclic) bond motifs is 2. The van der Waals surface area contributed by atoms with Crippen LogP contribution in [0.4, 0.5) is 23.1 Å². The third-order valence-corrected chi connectivity index (χ3v) is 4.99. The van der Waals surface area contributed by atoms with Crippen LogP contribution in [0.15, 0.2) is 67.0 Å². The van der Waals surface area contributed by atoms with Crippen LogP contribution in [0, 0.1) is 0 Å². The summed E-state index contributed by atoms with van der Waals surface area (Å²) >= 11 is 0. The number of hydrogen-bond donors (Lipinski definition) is 4. The van der Waals surface area contributed by atoms with E-state index in [1.54, 1.807) is 6.20 Å². The summed E-state index contributed by atoms with van der Waals surface area (Å²) in [4.78, 5) is 17.4. The topological polar surface area (TPSA) is 92.9 Å². The number of benzene rings is 2. The highest BCUT2D eigenvalue weighted by molar-refractivity contribution is 5.85. The highest BCUT2D eigenvalue weighted by atomic mass is 16.3. The van der Waals surface area contributed by atoms with Crippen LogP contribution in [-0.4, -0.2) is 32.1 Å². The first kappa shape index (κ1) is 17.3. The molecule has 0 spiro atoms. The Bertz CT molecular complexity index is 1310. The highest BCUT2D eigenvalue weighted by Crippen LogP contribution is 2.26. The fraction of sp³-hybridized carbons (Fsp3) is 0.0909. The smallest absolute Gasteiger partial charge is 0.231 e. The van der Waals surface area contributed by atoms with Crippen LogP contribution in [0.1, 0.15) is 5.69 Å². The molecule has 0 amide bonds. The van der Waals surface area contributed by atoms with Crippen molar-refractivity contribution >= 4 is 44.9 Å². The summed E-state index contributed by atoms with van der Waals surface area (Å²) in [5.41, 5.74) is 4.81. The normalized spacial score (nSPS) is 11.2. The van der Waals surface area contributed by atoms with Gasteiger partial charge in [-0.25, -0.2) is 4.98 Å². The molecule has 0 aliphatic carbocycles. The summed E-state index contributed by atoms with van der Waals surface area (Å²) in [5, 5.41) is 14.8. The summed E-state index contributed by atoms with van der Waals surface area (Å²) in [7, 11) is 1.95. The second-order valence-corrected chi connectivity index (χ2v) is 6.93. The first-order valence-electron chi connectivity index (χ1n) is 9.33. The number of nitrogens with zero attached hydrogens (tertiary/aromatic N) is 3. The summed E-state index contributed by atoms with van der Waals surface area (Å²) in [6.45, 7) is -0.00635. The minimum Gasteiger partial charge on any atom is -0.390 e. The second kappa shape index (κ2) is 6.96. The Morgan fingerprint density at radius 2 is 1.90 bits per heavy atom. The first-order chi connectivity index (χ1) is 14.2. The van der Waals surface area contributed by atoms with Crippen molar-refractivity contribution in [1.29, 1.82) is 0 Å². The summed E-state index contributed by atoms with van der Waals surface area (Å²) in [6.07, 6.45) is 3.68. The van der Waals surface area contributed by atoms with Crippen LogP contribution in [0.5, 0.6) is 0 Å². The van der Waals surface area contributed by atoms with E-state index in [4.69, 9.17) is 0 Å². The lowest BCUT2D eigenvalue weighted by atomic mass is 10.2. The Hall–Kier alpha value is -3.84. The molecule has 0 radical (unpaired) electrons. The zero-order chi connectivity index (χ0) is 19.8. The monoisotopic (exact) mass is 384 g/mol. The number of H-pyrrole nitrogens is 2. The standard InChI is InChI=1S/C22H20N6O/c1-28(18-3-5-19-14(12-18)6-8-23-19)22-24-9-7-21(27-22)26-16-2-4-20-15(10-16)11-17(13-29)25-20/h2-12,23,25,29H,13H2,1H3,(H,24,26,27). The van der Waals surface area contributed by atoms with Gasteiger partial charge in [-0.15, -0.1) is 0 Å². The van der Waals surface area contributed by atoms with Gasteiger partial charge in [0.25, 0.3) is 0 Å². The number of aliphatic hydroxyl groups is 1. The van der Waals surface area contributed by atoms with Gasteiger partial charge in [-0.05, 0) is 54.6 Å². The molecule has 7 nitrogen and oxygen atoms in total. The molecular formula is C22H20N6O. The molecule has 3 aromatic heterocycles. The number of rotatable bonds is 5. The van der Waals surface area contributed by atoms with Gasteiger partial charge in [0.05, 0.1) is 6.61 Å². The van der Waals surface area contributed by atoms with E-state index in [-0.39, 0.29) is 6.61 Å². The molecule has 0 aliphatic rings. The average molecular weight is 384 g/mol. The zero-order valence-corrected chi connectivity index (χ0v) is 15.8. The van der Waals surface area contributed by atoms with Gasteiger partial charge in [-0.1, -0.05) is 0 Å². The molecule has 0 saturated carbocycles. The Balaban J connectivity index is 1.41. The number of anilines is 4. The third-order valence-electron chi connectivity index (χ3n) is 4.99. The molecule has 5 aromatic rings. The van der Waals surface area contributed by atoms with Gasteiger partial charge in [0, 0.05) is 58.3 Å². The van der Waals surface area contributed by atoms with Crippen molar-refractivity contribution in [3.63, 3.8) is 0 Å². The summed E-state index contributed by atoms with van der Waals surface area (Å²) in [5.74, 6) is 1.32. The van der Waals surface area contributed by atoms with E-state index in [0.29, 0.717) is 11.8 Å². The molecule has 4 N–H and O–H groups in total. The van der Waals surface area contributed by atoms with Crippen molar-refractivity contribution in [2.75, 3.05) is 17.3 Å². The number of aromatic amines is 2. The maximum Gasteiger partial charge on any atom is 0.231 e. The Kier molecular flexibility index (Phi) is 4.14. The van der Waals surface area contributed by atoms with Crippen molar-refractivity contribution in [2.45, 2.75) is 6.61 Å². The van der Waals surface area contributed by atoms with E-state index in [2.05, 4.69) is 37.4 Å². The molecule has 0 aliphatic heterocycles.